The molecule has 0 aliphatic carbocycles. The lowest BCUT2D eigenvalue weighted by Crippen LogP contribution is -2.50. The summed E-state index contributed by atoms with van der Waals surface area (Å²) in [5.74, 6) is -3.49. The molecule has 0 saturated heterocycles. The van der Waals surface area contributed by atoms with Crippen LogP contribution in [0.25, 0.3) is 0 Å². The number of nitrogens with one attached hydrogen (secondary N) is 5. The SMILES string of the molecule is O=C(O)CC(NC(=O)CNC(=O)c1csc(NC(=O)NCc2ccccn2)n1)C(=O)NCc1ccccn1. The summed E-state index contributed by atoms with van der Waals surface area (Å²) in [6.45, 7) is -0.290. The Balaban J connectivity index is 1.44. The van der Waals surface area contributed by atoms with Gasteiger partial charge >= 0.3 is 12.0 Å². The second kappa shape index (κ2) is 14.0. The van der Waals surface area contributed by atoms with E-state index in [1.165, 1.54) is 5.38 Å². The number of pyridine rings is 2. The minimum Gasteiger partial charge on any atom is -0.481 e. The molecule has 198 valence electrons. The van der Waals surface area contributed by atoms with E-state index < -0.39 is 48.7 Å². The summed E-state index contributed by atoms with van der Waals surface area (Å²) in [7, 11) is 0. The molecule has 5 amide bonds. The molecule has 3 rings (SSSR count). The first-order valence-corrected chi connectivity index (χ1v) is 12.1. The summed E-state index contributed by atoms with van der Waals surface area (Å²) in [6.07, 6.45) is 2.49. The Kier molecular flexibility index (Phi) is 10.2. The number of aliphatic carboxylic acids is 1. The highest BCUT2D eigenvalue weighted by Gasteiger charge is 2.24. The minimum atomic E-state index is -1.36. The lowest BCUT2D eigenvalue weighted by Gasteiger charge is -2.17. The number of anilines is 1. The predicted molar refractivity (Wildman–Crippen MR) is 135 cm³/mol. The number of urea groups is 1. The first-order chi connectivity index (χ1) is 18.3. The van der Waals surface area contributed by atoms with Gasteiger partial charge in [0.1, 0.15) is 11.7 Å². The van der Waals surface area contributed by atoms with E-state index >= 15 is 0 Å². The monoisotopic (exact) mass is 540 g/mol. The third-order valence-corrected chi connectivity index (χ3v) is 5.48. The smallest absolute Gasteiger partial charge is 0.321 e. The number of hydrogen-bond donors (Lipinski definition) is 6. The highest BCUT2D eigenvalue weighted by molar-refractivity contribution is 7.14. The largest absolute Gasteiger partial charge is 0.481 e. The lowest BCUT2D eigenvalue weighted by atomic mass is 10.2. The molecule has 1 atom stereocenters. The van der Waals surface area contributed by atoms with Crippen LogP contribution in [0.15, 0.2) is 54.2 Å². The lowest BCUT2D eigenvalue weighted by molar-refractivity contribution is -0.140. The molecule has 0 fully saturated rings. The van der Waals surface area contributed by atoms with Gasteiger partial charge in [0.2, 0.25) is 11.8 Å². The van der Waals surface area contributed by atoms with Crippen molar-refractivity contribution in [3.8, 4) is 0 Å². The molecule has 0 aliphatic heterocycles. The van der Waals surface area contributed by atoms with E-state index in [9.17, 15) is 24.0 Å². The number of nitrogens with zero attached hydrogens (tertiary/aromatic N) is 3. The molecule has 0 saturated carbocycles. The third-order valence-electron chi connectivity index (χ3n) is 4.72. The minimum absolute atomic E-state index is 0.0435. The van der Waals surface area contributed by atoms with Gasteiger partial charge in [-0.3, -0.25) is 34.5 Å². The van der Waals surface area contributed by atoms with Gasteiger partial charge < -0.3 is 26.4 Å². The quantitative estimate of drug-likeness (QED) is 0.186. The summed E-state index contributed by atoms with van der Waals surface area (Å²) >= 11 is 1.00. The van der Waals surface area contributed by atoms with Crippen molar-refractivity contribution < 1.29 is 29.1 Å². The maximum atomic E-state index is 12.4. The fourth-order valence-electron chi connectivity index (χ4n) is 2.93. The van der Waals surface area contributed by atoms with E-state index in [4.69, 9.17) is 5.11 Å². The van der Waals surface area contributed by atoms with Crippen molar-refractivity contribution in [1.29, 1.82) is 0 Å². The average Bonchev–Trinajstić information content (AvgIpc) is 3.38. The van der Waals surface area contributed by atoms with E-state index in [1.807, 2.05) is 0 Å². The van der Waals surface area contributed by atoms with Crippen LogP contribution in [0.4, 0.5) is 9.93 Å². The fraction of sp³-hybridized carbons (Fsp3) is 0.217. The molecule has 0 bridgehead atoms. The molecule has 0 radical (unpaired) electrons. The number of thiazole rings is 1. The predicted octanol–water partition coefficient (Wildman–Crippen LogP) is 0.261. The number of aromatic nitrogens is 3. The molecular weight excluding hydrogens is 516 g/mol. The summed E-state index contributed by atoms with van der Waals surface area (Å²) in [5, 5.41) is 22.9. The molecule has 6 N–H and O–H groups in total. The van der Waals surface area contributed by atoms with Crippen molar-refractivity contribution in [2.45, 2.75) is 25.6 Å². The van der Waals surface area contributed by atoms with E-state index in [-0.39, 0.29) is 23.9 Å². The van der Waals surface area contributed by atoms with Gasteiger partial charge in [-0.15, -0.1) is 11.3 Å². The van der Waals surface area contributed by atoms with E-state index in [0.717, 1.165) is 11.3 Å². The zero-order chi connectivity index (χ0) is 27.3. The Hall–Kier alpha value is -4.92. The van der Waals surface area contributed by atoms with Gasteiger partial charge in [0, 0.05) is 17.8 Å². The Labute approximate surface area is 220 Å². The van der Waals surface area contributed by atoms with Gasteiger partial charge in [-0.05, 0) is 24.3 Å². The summed E-state index contributed by atoms with van der Waals surface area (Å²) in [5.41, 5.74) is 1.17. The molecule has 0 aliphatic rings. The Bertz CT molecular complexity index is 1270. The maximum Gasteiger partial charge on any atom is 0.321 e. The number of carboxylic acid groups (broad SMARTS) is 1. The van der Waals surface area contributed by atoms with Gasteiger partial charge in [0.25, 0.3) is 5.91 Å². The van der Waals surface area contributed by atoms with Gasteiger partial charge in [-0.2, -0.15) is 0 Å². The number of hydrogen-bond acceptors (Lipinski definition) is 9. The van der Waals surface area contributed by atoms with Gasteiger partial charge in [0.05, 0.1) is 37.4 Å². The number of carboxylic acids is 1. The van der Waals surface area contributed by atoms with Crippen LogP contribution in [0.5, 0.6) is 0 Å². The first-order valence-electron chi connectivity index (χ1n) is 11.2. The number of carbonyl (C=O) groups excluding carboxylic acids is 4. The van der Waals surface area contributed by atoms with Crippen LogP contribution >= 0.6 is 11.3 Å². The van der Waals surface area contributed by atoms with Crippen LogP contribution < -0.4 is 26.6 Å². The number of amides is 5. The van der Waals surface area contributed by atoms with Crippen molar-refractivity contribution >= 4 is 46.2 Å². The molecule has 1 unspecified atom stereocenters. The summed E-state index contributed by atoms with van der Waals surface area (Å²) < 4.78 is 0. The maximum absolute atomic E-state index is 12.4. The van der Waals surface area contributed by atoms with Gasteiger partial charge in [0.15, 0.2) is 5.13 Å². The molecule has 38 heavy (non-hydrogen) atoms. The summed E-state index contributed by atoms with van der Waals surface area (Å²) in [4.78, 5) is 72.4. The molecule has 3 aromatic rings. The molecule has 14 nitrogen and oxygen atoms in total. The standard InChI is InChI=1S/C23H24N8O6S/c32-18(29-16(9-19(33)34)20(35)26-10-14-5-1-3-7-24-14)12-27-21(36)17-13-38-23(30-17)31-22(37)28-11-15-6-2-4-8-25-15/h1-8,13,16H,9-12H2,(H,26,35)(H,27,36)(H,29,32)(H,33,34)(H2,28,30,31,37). The Morgan fingerprint density at radius 3 is 2.16 bits per heavy atom. The molecule has 0 spiro atoms. The summed E-state index contributed by atoms with van der Waals surface area (Å²) in [6, 6.07) is 8.51. The van der Waals surface area contributed by atoms with Crippen LogP contribution in [0.1, 0.15) is 28.3 Å². The van der Waals surface area contributed by atoms with Crippen LogP contribution in [-0.4, -0.2) is 62.4 Å². The second-order valence-electron chi connectivity index (χ2n) is 7.61. The van der Waals surface area contributed by atoms with Crippen LogP contribution in [0.2, 0.25) is 0 Å². The van der Waals surface area contributed by atoms with Crippen LogP contribution in [0, 0.1) is 0 Å². The zero-order valence-corrected chi connectivity index (χ0v) is 20.7. The highest BCUT2D eigenvalue weighted by Crippen LogP contribution is 2.15. The van der Waals surface area contributed by atoms with Crippen LogP contribution in [-0.2, 0) is 27.5 Å². The van der Waals surface area contributed by atoms with Crippen molar-refractivity contribution in [2.24, 2.45) is 0 Å². The van der Waals surface area contributed by atoms with Crippen molar-refractivity contribution in [1.82, 2.24) is 36.2 Å². The highest BCUT2D eigenvalue weighted by atomic mass is 32.1. The topological polar surface area (TPSA) is 204 Å². The zero-order valence-electron chi connectivity index (χ0n) is 19.8. The molecule has 15 heteroatoms. The Morgan fingerprint density at radius 1 is 0.895 bits per heavy atom. The van der Waals surface area contributed by atoms with E-state index in [0.29, 0.717) is 11.4 Å². The van der Waals surface area contributed by atoms with Gasteiger partial charge in [-0.1, -0.05) is 12.1 Å². The van der Waals surface area contributed by atoms with Crippen molar-refractivity contribution in [3.63, 3.8) is 0 Å². The third kappa shape index (κ3) is 9.27. The first kappa shape index (κ1) is 27.7. The van der Waals surface area contributed by atoms with Crippen molar-refractivity contribution in [2.75, 3.05) is 11.9 Å². The molecule has 3 aromatic heterocycles. The molecule has 0 aromatic carbocycles. The average molecular weight is 541 g/mol. The second-order valence-corrected chi connectivity index (χ2v) is 8.46. The normalized spacial score (nSPS) is 11.1. The van der Waals surface area contributed by atoms with Gasteiger partial charge in [-0.25, -0.2) is 9.78 Å². The Morgan fingerprint density at radius 2 is 1.55 bits per heavy atom. The van der Waals surface area contributed by atoms with Crippen molar-refractivity contribution in [3.05, 3.63) is 71.3 Å². The van der Waals surface area contributed by atoms with E-state index in [2.05, 4.69) is 41.5 Å². The molecular formula is C23H24N8O6S. The number of carbonyl (C=O) groups is 5. The molecule has 3 heterocycles. The van der Waals surface area contributed by atoms with Crippen LogP contribution in [0.3, 0.4) is 0 Å². The number of rotatable bonds is 12. The van der Waals surface area contributed by atoms with E-state index in [1.54, 1.807) is 48.8 Å². The fourth-order valence-corrected chi connectivity index (χ4v) is 3.62.